The Morgan fingerprint density at radius 3 is 2.90 bits per heavy atom. The molecule has 0 unspecified atom stereocenters. The molecule has 0 fully saturated rings. The van der Waals surface area contributed by atoms with Gasteiger partial charge in [0.15, 0.2) is 11.6 Å². The number of hydrogen-bond acceptors (Lipinski definition) is 7. The van der Waals surface area contributed by atoms with Gasteiger partial charge in [-0.3, -0.25) is 4.79 Å². The summed E-state index contributed by atoms with van der Waals surface area (Å²) in [6.07, 6.45) is 8.44. The van der Waals surface area contributed by atoms with Crippen LogP contribution in [0.3, 0.4) is 0 Å². The van der Waals surface area contributed by atoms with Gasteiger partial charge in [-0.25, -0.2) is 14.4 Å². The molecule has 30 heavy (non-hydrogen) atoms. The van der Waals surface area contributed by atoms with E-state index in [0.29, 0.717) is 29.4 Å². The van der Waals surface area contributed by atoms with Crippen molar-refractivity contribution in [2.45, 2.75) is 6.42 Å². The van der Waals surface area contributed by atoms with Crippen molar-refractivity contribution in [1.82, 2.24) is 20.3 Å². The average Bonchev–Trinajstić information content (AvgIpc) is 2.76. The maximum atomic E-state index is 14.2. The minimum atomic E-state index is -0.639. The number of ether oxygens (including phenoxy) is 1. The summed E-state index contributed by atoms with van der Waals surface area (Å²) in [5.74, 6) is 2.60. The summed E-state index contributed by atoms with van der Waals surface area (Å²) in [4.78, 5) is 24.3. The summed E-state index contributed by atoms with van der Waals surface area (Å²) in [6, 6.07) is 8.70. The van der Waals surface area contributed by atoms with Gasteiger partial charge in [0.25, 0.3) is 5.91 Å². The Morgan fingerprint density at radius 1 is 1.20 bits per heavy atom. The van der Waals surface area contributed by atoms with Gasteiger partial charge < -0.3 is 20.7 Å². The van der Waals surface area contributed by atoms with Crippen LogP contribution in [0.4, 0.5) is 27.7 Å². The minimum Gasteiger partial charge on any atom is -0.479 e. The average molecular weight is 404 g/mol. The lowest BCUT2D eigenvalue weighted by Gasteiger charge is -2.17. The van der Waals surface area contributed by atoms with E-state index in [0.717, 1.165) is 18.2 Å². The van der Waals surface area contributed by atoms with Crippen LogP contribution in [-0.4, -0.2) is 34.0 Å². The molecule has 3 aromatic rings. The zero-order valence-electron chi connectivity index (χ0n) is 15.8. The molecule has 0 saturated carbocycles. The molecular formula is C21H17FN6O2. The molecule has 4 rings (SSSR count). The van der Waals surface area contributed by atoms with Gasteiger partial charge in [-0.05, 0) is 36.2 Å². The second kappa shape index (κ2) is 8.45. The van der Waals surface area contributed by atoms with Gasteiger partial charge in [0.1, 0.15) is 18.2 Å². The number of aromatic nitrogens is 3. The minimum absolute atomic E-state index is 0.0482. The third kappa shape index (κ3) is 4.28. The summed E-state index contributed by atoms with van der Waals surface area (Å²) >= 11 is 0. The first-order chi connectivity index (χ1) is 14.6. The molecule has 0 atom stereocenters. The van der Waals surface area contributed by atoms with E-state index < -0.39 is 5.82 Å². The van der Waals surface area contributed by atoms with Crippen LogP contribution in [0.15, 0.2) is 42.7 Å². The van der Waals surface area contributed by atoms with Gasteiger partial charge in [0, 0.05) is 17.8 Å². The molecule has 1 aliphatic rings. The van der Waals surface area contributed by atoms with Crippen molar-refractivity contribution in [3.05, 3.63) is 59.7 Å². The van der Waals surface area contributed by atoms with E-state index in [-0.39, 0.29) is 24.3 Å². The fourth-order valence-corrected chi connectivity index (χ4v) is 2.92. The normalized spacial score (nSPS) is 12.3. The van der Waals surface area contributed by atoms with E-state index in [4.69, 9.17) is 11.2 Å². The Kier molecular flexibility index (Phi) is 5.39. The fraction of sp³-hybridized carbons (Fsp3) is 0.143. The van der Waals surface area contributed by atoms with Gasteiger partial charge in [0.2, 0.25) is 5.95 Å². The number of hydrogen-bond donors (Lipinski definition) is 3. The summed E-state index contributed by atoms with van der Waals surface area (Å²) in [5, 5.41) is 8.60. The van der Waals surface area contributed by atoms with E-state index in [1.54, 1.807) is 18.2 Å². The first kappa shape index (κ1) is 19.1. The molecule has 0 aliphatic carbocycles. The first-order valence-corrected chi connectivity index (χ1v) is 9.12. The molecule has 0 radical (unpaired) electrons. The molecule has 3 heterocycles. The summed E-state index contributed by atoms with van der Waals surface area (Å²) in [7, 11) is 0. The third-order valence-corrected chi connectivity index (χ3v) is 4.34. The molecule has 8 nitrogen and oxygen atoms in total. The number of terminal acetylenes is 1. The Bertz CT molecular complexity index is 1130. The summed E-state index contributed by atoms with van der Waals surface area (Å²) < 4.78 is 19.4. The molecule has 3 N–H and O–H groups in total. The Hall–Kier alpha value is -4.19. The highest BCUT2D eigenvalue weighted by Gasteiger charge is 2.17. The highest BCUT2D eigenvalue weighted by atomic mass is 19.1. The molecule has 9 heteroatoms. The van der Waals surface area contributed by atoms with Gasteiger partial charge in [-0.1, -0.05) is 12.0 Å². The molecule has 0 saturated heterocycles. The predicted molar refractivity (Wildman–Crippen MR) is 110 cm³/mol. The van der Waals surface area contributed by atoms with Gasteiger partial charge >= 0.3 is 0 Å². The van der Waals surface area contributed by atoms with Crippen LogP contribution in [0.2, 0.25) is 0 Å². The topological polar surface area (TPSA) is 101 Å². The number of pyridine rings is 1. The van der Waals surface area contributed by atoms with Crippen molar-refractivity contribution in [1.29, 1.82) is 0 Å². The van der Waals surface area contributed by atoms with E-state index in [1.165, 1.54) is 6.20 Å². The lowest BCUT2D eigenvalue weighted by atomic mass is 10.00. The zero-order valence-corrected chi connectivity index (χ0v) is 15.8. The maximum Gasteiger partial charge on any atom is 0.251 e. The van der Waals surface area contributed by atoms with Crippen LogP contribution < -0.4 is 20.7 Å². The number of nitrogens with zero attached hydrogens (tertiary/aromatic N) is 3. The van der Waals surface area contributed by atoms with Crippen LogP contribution in [0.5, 0.6) is 5.75 Å². The molecule has 1 aliphatic heterocycles. The Balaban J connectivity index is 1.50. The number of carbonyl (C=O) groups is 1. The lowest BCUT2D eigenvalue weighted by Crippen LogP contribution is -2.31. The number of nitrogens with one attached hydrogen (secondary N) is 3. The van der Waals surface area contributed by atoms with Crippen LogP contribution in [0, 0.1) is 18.2 Å². The van der Waals surface area contributed by atoms with Crippen LogP contribution >= 0.6 is 0 Å². The number of fused-ring (bicyclic) bond motifs is 1. The van der Waals surface area contributed by atoms with Crippen molar-refractivity contribution >= 4 is 29.2 Å². The molecule has 150 valence electrons. The van der Waals surface area contributed by atoms with Crippen molar-refractivity contribution in [3.63, 3.8) is 0 Å². The smallest absolute Gasteiger partial charge is 0.251 e. The zero-order chi connectivity index (χ0) is 20.9. The fourth-order valence-electron chi connectivity index (χ4n) is 2.92. The number of anilines is 4. The molecule has 2 aromatic heterocycles. The number of halogens is 1. The number of rotatable bonds is 6. The monoisotopic (exact) mass is 404 g/mol. The van der Waals surface area contributed by atoms with Crippen LogP contribution in [0.25, 0.3) is 0 Å². The summed E-state index contributed by atoms with van der Waals surface area (Å²) in [6.45, 7) is 0.758. The largest absolute Gasteiger partial charge is 0.479 e. The highest BCUT2D eigenvalue weighted by molar-refractivity contribution is 5.97. The van der Waals surface area contributed by atoms with Crippen molar-refractivity contribution < 1.29 is 13.9 Å². The maximum absolute atomic E-state index is 14.2. The number of benzene rings is 1. The first-order valence-electron chi connectivity index (χ1n) is 9.12. The van der Waals surface area contributed by atoms with Crippen molar-refractivity contribution in [2.75, 3.05) is 23.8 Å². The molecule has 1 aromatic carbocycles. The molecule has 0 bridgehead atoms. The summed E-state index contributed by atoms with van der Waals surface area (Å²) in [5.41, 5.74) is 2.20. The van der Waals surface area contributed by atoms with E-state index in [9.17, 15) is 9.18 Å². The SMILES string of the molecule is C#CCOc1ccc(Nc2nc(Nc3ccc4c(c3)C(=O)NCC4)ncc2F)nc1. The highest BCUT2D eigenvalue weighted by Crippen LogP contribution is 2.23. The van der Waals surface area contributed by atoms with Gasteiger partial charge in [0.05, 0.1) is 12.4 Å². The van der Waals surface area contributed by atoms with Crippen LogP contribution in [0.1, 0.15) is 15.9 Å². The molecular weight excluding hydrogens is 387 g/mol. The Labute approximate surface area is 171 Å². The predicted octanol–water partition coefficient (Wildman–Crippen LogP) is 2.80. The van der Waals surface area contributed by atoms with Gasteiger partial charge in [-0.15, -0.1) is 6.42 Å². The second-order valence-corrected chi connectivity index (χ2v) is 6.39. The van der Waals surface area contributed by atoms with Gasteiger partial charge in [-0.2, -0.15) is 4.98 Å². The van der Waals surface area contributed by atoms with Crippen molar-refractivity contribution in [3.8, 4) is 18.1 Å². The third-order valence-electron chi connectivity index (χ3n) is 4.34. The number of amides is 1. The molecule has 0 spiro atoms. The van der Waals surface area contributed by atoms with E-state index >= 15 is 0 Å². The lowest BCUT2D eigenvalue weighted by molar-refractivity contribution is 0.0946. The van der Waals surface area contributed by atoms with E-state index in [1.807, 2.05) is 12.1 Å². The van der Waals surface area contributed by atoms with Crippen LogP contribution in [-0.2, 0) is 6.42 Å². The quantitative estimate of drug-likeness (QED) is 0.543. The van der Waals surface area contributed by atoms with Crippen molar-refractivity contribution in [2.24, 2.45) is 0 Å². The van der Waals surface area contributed by atoms with E-state index in [2.05, 4.69) is 36.8 Å². The standard InChI is InChI=1S/C21H17FN6O2/c1-2-9-30-15-5-6-18(24-11-15)27-19-17(22)12-25-21(28-19)26-14-4-3-13-7-8-23-20(29)16(13)10-14/h1,3-6,10-12H,7-9H2,(H,23,29)(H2,24,25,26,27,28). The Morgan fingerprint density at radius 2 is 2.10 bits per heavy atom. The second-order valence-electron chi connectivity index (χ2n) is 6.39. The molecule has 1 amide bonds. The number of carbonyl (C=O) groups excluding carboxylic acids is 1.